The average molecular weight is 340 g/mol. The van der Waals surface area contributed by atoms with Gasteiger partial charge in [0, 0.05) is 16.8 Å². The van der Waals surface area contributed by atoms with Crippen molar-refractivity contribution in [1.29, 1.82) is 0 Å². The first-order valence-electron chi connectivity index (χ1n) is 4.84. The van der Waals surface area contributed by atoms with Crippen LogP contribution in [0.1, 0.15) is 0 Å². The van der Waals surface area contributed by atoms with Crippen molar-refractivity contribution in [3.8, 4) is 0 Å². The molecule has 3 aromatic rings. The summed E-state index contributed by atoms with van der Waals surface area (Å²) in [4.78, 5) is 0. The molecule has 3 rings (SSSR count). The van der Waals surface area contributed by atoms with Gasteiger partial charge in [0.05, 0.1) is 25.1 Å². The van der Waals surface area contributed by atoms with Gasteiger partial charge < -0.3 is 4.42 Å². The Kier molecular flexibility index (Phi) is 3.08. The highest BCUT2D eigenvalue weighted by atomic mass is 35.5. The minimum atomic E-state index is 0.268. The molecule has 1 nitrogen and oxygen atoms in total. The van der Waals surface area contributed by atoms with E-state index in [1.165, 1.54) is 0 Å². The summed E-state index contributed by atoms with van der Waals surface area (Å²) in [5.74, 6) is 0. The fourth-order valence-electron chi connectivity index (χ4n) is 1.86. The summed E-state index contributed by atoms with van der Waals surface area (Å²) in [6, 6.07) is 4.99. The molecular formula is C12H3Cl5O. The van der Waals surface area contributed by atoms with Gasteiger partial charge in [-0.05, 0) is 12.1 Å². The van der Waals surface area contributed by atoms with Crippen LogP contribution in [0.15, 0.2) is 22.6 Å². The van der Waals surface area contributed by atoms with Crippen molar-refractivity contribution in [2.45, 2.75) is 0 Å². The molecule has 0 aliphatic rings. The monoisotopic (exact) mass is 338 g/mol. The Balaban J connectivity index is 2.64. The van der Waals surface area contributed by atoms with Crippen LogP contribution in [0.25, 0.3) is 21.9 Å². The maximum atomic E-state index is 6.20. The first-order chi connectivity index (χ1) is 8.50. The number of rotatable bonds is 0. The number of halogens is 5. The fourth-order valence-corrected chi connectivity index (χ4v) is 2.94. The largest absolute Gasteiger partial charge is 0.456 e. The molecule has 1 aromatic heterocycles. The molecule has 0 bridgehead atoms. The second-order valence-corrected chi connectivity index (χ2v) is 5.64. The number of benzene rings is 2. The first kappa shape index (κ1) is 12.7. The summed E-state index contributed by atoms with van der Waals surface area (Å²) in [6.07, 6.45) is 0. The number of fused-ring (bicyclic) bond motifs is 3. The van der Waals surface area contributed by atoms with Crippen molar-refractivity contribution in [1.82, 2.24) is 0 Å². The third-order valence-corrected chi connectivity index (χ3v) is 4.72. The number of hydrogen-bond acceptors (Lipinski definition) is 1. The topological polar surface area (TPSA) is 13.1 Å². The summed E-state index contributed by atoms with van der Waals surface area (Å²) < 4.78 is 5.63. The molecule has 0 N–H and O–H groups in total. The van der Waals surface area contributed by atoms with Gasteiger partial charge >= 0.3 is 0 Å². The highest BCUT2D eigenvalue weighted by Gasteiger charge is 2.18. The van der Waals surface area contributed by atoms with Crippen LogP contribution in [0.4, 0.5) is 0 Å². The lowest BCUT2D eigenvalue weighted by Gasteiger charge is -2.01. The minimum Gasteiger partial charge on any atom is -0.456 e. The molecule has 0 saturated heterocycles. The molecule has 0 amide bonds. The van der Waals surface area contributed by atoms with Crippen molar-refractivity contribution in [3.05, 3.63) is 43.3 Å². The summed E-state index contributed by atoms with van der Waals surface area (Å²) in [5.41, 5.74) is 1.10. The molecule has 1 heterocycles. The predicted molar refractivity (Wildman–Crippen MR) is 78.8 cm³/mol. The second kappa shape index (κ2) is 4.36. The Hall–Kier alpha value is -0.310. The van der Waals surface area contributed by atoms with Gasteiger partial charge in [-0.25, -0.2) is 0 Å². The van der Waals surface area contributed by atoms with Crippen LogP contribution in [0.3, 0.4) is 0 Å². The third-order valence-electron chi connectivity index (χ3n) is 2.65. The fraction of sp³-hybridized carbons (Fsp3) is 0. The Labute approximate surface area is 127 Å². The summed E-state index contributed by atoms with van der Waals surface area (Å²) in [6.45, 7) is 0. The lowest BCUT2D eigenvalue weighted by atomic mass is 10.1. The lowest BCUT2D eigenvalue weighted by molar-refractivity contribution is 0.669. The molecule has 0 aliphatic carbocycles. The van der Waals surface area contributed by atoms with E-state index in [4.69, 9.17) is 62.4 Å². The maximum Gasteiger partial charge on any atom is 0.138 e. The molecule has 18 heavy (non-hydrogen) atoms. The minimum absolute atomic E-state index is 0.268. The van der Waals surface area contributed by atoms with Crippen molar-refractivity contribution in [2.24, 2.45) is 0 Å². The SMILES string of the molecule is Clc1cc2oc3ccc(Cl)c(Cl)c3c2c(Cl)c1Cl. The first-order valence-corrected chi connectivity index (χ1v) is 6.73. The van der Waals surface area contributed by atoms with Crippen molar-refractivity contribution >= 4 is 79.9 Å². The lowest BCUT2D eigenvalue weighted by Crippen LogP contribution is -1.76. The van der Waals surface area contributed by atoms with Crippen LogP contribution in [-0.2, 0) is 0 Å². The van der Waals surface area contributed by atoms with Gasteiger partial charge in [0.1, 0.15) is 11.2 Å². The van der Waals surface area contributed by atoms with E-state index in [9.17, 15) is 0 Å². The van der Waals surface area contributed by atoms with Gasteiger partial charge in [-0.1, -0.05) is 58.0 Å². The Morgan fingerprint density at radius 3 is 2.06 bits per heavy atom. The van der Waals surface area contributed by atoms with E-state index >= 15 is 0 Å². The molecule has 0 saturated carbocycles. The van der Waals surface area contributed by atoms with Gasteiger partial charge in [0.2, 0.25) is 0 Å². The summed E-state index contributed by atoms with van der Waals surface area (Å²) >= 11 is 30.4. The highest BCUT2D eigenvalue weighted by molar-refractivity contribution is 6.53. The van der Waals surface area contributed by atoms with Crippen LogP contribution < -0.4 is 0 Å². The zero-order valence-electron chi connectivity index (χ0n) is 8.53. The van der Waals surface area contributed by atoms with E-state index in [0.717, 1.165) is 0 Å². The molecule has 0 spiro atoms. The standard InChI is InChI=1S/C12H3Cl5O/c13-4-1-2-6-8(10(4)15)9-7(18-6)3-5(14)11(16)12(9)17/h1-3H. The molecule has 0 radical (unpaired) electrons. The van der Waals surface area contributed by atoms with Crippen LogP contribution in [0.2, 0.25) is 25.1 Å². The van der Waals surface area contributed by atoms with Crippen molar-refractivity contribution < 1.29 is 4.42 Å². The highest BCUT2D eigenvalue weighted by Crippen LogP contribution is 2.45. The Bertz CT molecular complexity index is 790. The predicted octanol–water partition coefficient (Wildman–Crippen LogP) is 6.85. The van der Waals surface area contributed by atoms with Gasteiger partial charge in [-0.15, -0.1) is 0 Å². The van der Waals surface area contributed by atoms with Crippen LogP contribution >= 0.6 is 58.0 Å². The Morgan fingerprint density at radius 2 is 1.33 bits per heavy atom. The van der Waals surface area contributed by atoms with E-state index in [-0.39, 0.29) is 5.02 Å². The van der Waals surface area contributed by atoms with Crippen LogP contribution in [0.5, 0.6) is 0 Å². The summed E-state index contributed by atoms with van der Waals surface area (Å²) in [5, 5.41) is 2.97. The van der Waals surface area contributed by atoms with Crippen molar-refractivity contribution in [3.63, 3.8) is 0 Å². The van der Waals surface area contributed by atoms with Gasteiger partial charge in [0.15, 0.2) is 0 Å². The van der Waals surface area contributed by atoms with E-state index < -0.39 is 0 Å². The third kappa shape index (κ3) is 1.70. The van der Waals surface area contributed by atoms with E-state index in [1.54, 1.807) is 18.2 Å². The zero-order chi connectivity index (χ0) is 13.0. The van der Waals surface area contributed by atoms with Gasteiger partial charge in [-0.3, -0.25) is 0 Å². The molecule has 2 aromatic carbocycles. The smallest absolute Gasteiger partial charge is 0.138 e. The molecule has 0 atom stereocenters. The molecule has 0 aliphatic heterocycles. The molecule has 92 valence electrons. The normalized spacial score (nSPS) is 11.6. The van der Waals surface area contributed by atoms with E-state index in [1.807, 2.05) is 0 Å². The Morgan fingerprint density at radius 1 is 0.667 bits per heavy atom. The quantitative estimate of drug-likeness (QED) is 0.408. The average Bonchev–Trinajstić information content (AvgIpc) is 2.70. The molecule has 6 heteroatoms. The van der Waals surface area contributed by atoms with Gasteiger partial charge in [-0.2, -0.15) is 0 Å². The zero-order valence-corrected chi connectivity index (χ0v) is 12.3. The molecule has 0 fully saturated rings. The number of furan rings is 1. The van der Waals surface area contributed by atoms with E-state index in [2.05, 4.69) is 0 Å². The maximum absolute atomic E-state index is 6.20. The van der Waals surface area contributed by atoms with Crippen LogP contribution in [0, 0.1) is 0 Å². The van der Waals surface area contributed by atoms with Gasteiger partial charge in [0.25, 0.3) is 0 Å². The summed E-state index contributed by atoms with van der Waals surface area (Å²) in [7, 11) is 0. The molecular weight excluding hydrogens is 337 g/mol. The van der Waals surface area contributed by atoms with E-state index in [0.29, 0.717) is 42.0 Å². The van der Waals surface area contributed by atoms with Crippen LogP contribution in [-0.4, -0.2) is 0 Å². The molecule has 0 unspecified atom stereocenters. The second-order valence-electron chi connectivity index (χ2n) is 3.70. The number of hydrogen-bond donors (Lipinski definition) is 0. The van der Waals surface area contributed by atoms with Crippen molar-refractivity contribution in [2.75, 3.05) is 0 Å².